The van der Waals surface area contributed by atoms with Gasteiger partial charge in [-0.1, -0.05) is 30.0 Å². The van der Waals surface area contributed by atoms with Crippen LogP contribution in [0.4, 0.5) is 5.69 Å². The zero-order valence-corrected chi connectivity index (χ0v) is 19.7. The molecule has 8 heteroatoms. The van der Waals surface area contributed by atoms with Crippen molar-refractivity contribution in [1.29, 1.82) is 0 Å². The summed E-state index contributed by atoms with van der Waals surface area (Å²) in [6.45, 7) is 9.43. The Hall–Kier alpha value is -2.68. The lowest BCUT2D eigenvalue weighted by atomic mass is 10.1. The van der Waals surface area contributed by atoms with Gasteiger partial charge >= 0.3 is 0 Å². The molecule has 2 aromatic carbocycles. The van der Waals surface area contributed by atoms with Crippen molar-refractivity contribution in [1.82, 2.24) is 24.6 Å². The van der Waals surface area contributed by atoms with Crippen molar-refractivity contribution >= 4 is 23.4 Å². The summed E-state index contributed by atoms with van der Waals surface area (Å²) in [6, 6.07) is 14.4. The Balaban J connectivity index is 1.33. The highest BCUT2D eigenvalue weighted by Crippen LogP contribution is 2.22. The number of benzene rings is 2. The van der Waals surface area contributed by atoms with E-state index in [1.165, 1.54) is 28.5 Å². The molecule has 0 atom stereocenters. The van der Waals surface area contributed by atoms with E-state index in [-0.39, 0.29) is 11.7 Å². The van der Waals surface area contributed by atoms with Crippen molar-refractivity contribution in [3.8, 4) is 5.69 Å². The highest BCUT2D eigenvalue weighted by molar-refractivity contribution is 7.99. The maximum atomic E-state index is 12.6. The van der Waals surface area contributed by atoms with E-state index >= 15 is 0 Å². The van der Waals surface area contributed by atoms with Crippen molar-refractivity contribution in [3.63, 3.8) is 0 Å². The molecule has 0 bridgehead atoms. The van der Waals surface area contributed by atoms with E-state index in [9.17, 15) is 4.79 Å². The zero-order valence-electron chi connectivity index (χ0n) is 18.9. The molecule has 1 amide bonds. The normalized spacial score (nSPS) is 15.1. The molecular formula is C24H30N6OS. The summed E-state index contributed by atoms with van der Waals surface area (Å²) < 4.78 is 1.92. The van der Waals surface area contributed by atoms with Gasteiger partial charge in [0.1, 0.15) is 6.33 Å². The zero-order chi connectivity index (χ0) is 22.5. The lowest BCUT2D eigenvalue weighted by Gasteiger charge is -2.32. The first-order chi connectivity index (χ1) is 15.5. The number of anilines is 1. The van der Waals surface area contributed by atoms with Crippen molar-refractivity contribution in [2.24, 2.45) is 0 Å². The van der Waals surface area contributed by atoms with Gasteiger partial charge in [0.2, 0.25) is 5.91 Å². The van der Waals surface area contributed by atoms with Crippen LogP contribution in [0.15, 0.2) is 53.9 Å². The predicted molar refractivity (Wildman–Crippen MR) is 129 cm³/mol. The Kier molecular flexibility index (Phi) is 7.24. The van der Waals surface area contributed by atoms with E-state index in [0.29, 0.717) is 5.16 Å². The molecule has 2 heterocycles. The molecule has 1 aliphatic rings. The molecule has 0 radical (unpaired) electrons. The summed E-state index contributed by atoms with van der Waals surface area (Å²) in [5.41, 5.74) is 5.50. The molecule has 1 aliphatic heterocycles. The number of thioether (sulfide) groups is 1. The number of carbonyl (C=O) groups excluding carboxylic acids is 1. The number of likely N-dealkylation sites (N-methyl/N-ethyl adjacent to an activating group) is 1. The minimum absolute atomic E-state index is 0.0543. The number of aromatic nitrogens is 3. The maximum Gasteiger partial charge on any atom is 0.234 e. The van der Waals surface area contributed by atoms with E-state index in [1.54, 1.807) is 6.33 Å². The van der Waals surface area contributed by atoms with Gasteiger partial charge < -0.3 is 10.2 Å². The Bertz CT molecular complexity index is 1070. The fourth-order valence-electron chi connectivity index (χ4n) is 3.71. The van der Waals surface area contributed by atoms with Gasteiger partial charge in [-0.25, -0.2) is 0 Å². The Labute approximate surface area is 193 Å². The third-order valence-corrected chi connectivity index (χ3v) is 6.77. The smallest absolute Gasteiger partial charge is 0.234 e. The minimum Gasteiger partial charge on any atom is -0.325 e. The fraction of sp³-hybridized carbons (Fsp3) is 0.375. The Morgan fingerprint density at radius 3 is 2.66 bits per heavy atom. The molecule has 0 aliphatic carbocycles. The molecule has 0 unspecified atom stereocenters. The number of nitrogens with zero attached hydrogens (tertiary/aromatic N) is 5. The van der Waals surface area contributed by atoms with Crippen LogP contribution in [0.2, 0.25) is 0 Å². The monoisotopic (exact) mass is 450 g/mol. The minimum atomic E-state index is -0.0543. The van der Waals surface area contributed by atoms with Gasteiger partial charge in [-0.3, -0.25) is 14.3 Å². The topological polar surface area (TPSA) is 66.3 Å². The van der Waals surface area contributed by atoms with Crippen molar-refractivity contribution in [3.05, 3.63) is 65.5 Å². The van der Waals surface area contributed by atoms with E-state index in [0.717, 1.165) is 44.1 Å². The molecule has 4 rings (SSSR count). The van der Waals surface area contributed by atoms with Crippen LogP contribution in [-0.4, -0.2) is 69.5 Å². The number of hydrogen-bond acceptors (Lipinski definition) is 6. The lowest BCUT2D eigenvalue weighted by Crippen LogP contribution is -2.43. The van der Waals surface area contributed by atoms with Crippen molar-refractivity contribution in [2.75, 3.05) is 44.3 Å². The Morgan fingerprint density at radius 1 is 1.06 bits per heavy atom. The number of hydrogen-bond donors (Lipinski definition) is 1. The third kappa shape index (κ3) is 5.76. The van der Waals surface area contributed by atoms with E-state index < -0.39 is 0 Å². The molecule has 0 spiro atoms. The molecule has 0 saturated carbocycles. The predicted octanol–water partition coefficient (Wildman–Crippen LogP) is 3.36. The van der Waals surface area contributed by atoms with Crippen LogP contribution < -0.4 is 5.32 Å². The van der Waals surface area contributed by atoms with Crippen LogP contribution in [-0.2, 0) is 11.3 Å². The molecule has 32 heavy (non-hydrogen) atoms. The van der Waals surface area contributed by atoms with Gasteiger partial charge in [0.15, 0.2) is 5.16 Å². The molecule has 1 N–H and O–H groups in total. The highest BCUT2D eigenvalue weighted by Gasteiger charge is 2.15. The first-order valence-corrected chi connectivity index (χ1v) is 11.9. The largest absolute Gasteiger partial charge is 0.325 e. The van der Waals surface area contributed by atoms with Crippen LogP contribution in [0.25, 0.3) is 5.69 Å². The van der Waals surface area contributed by atoms with Gasteiger partial charge in [-0.15, -0.1) is 10.2 Å². The number of piperazine rings is 1. The first kappa shape index (κ1) is 22.5. The lowest BCUT2D eigenvalue weighted by molar-refractivity contribution is -0.113. The van der Waals surface area contributed by atoms with Gasteiger partial charge in [0, 0.05) is 44.1 Å². The molecular weight excluding hydrogens is 420 g/mol. The number of amides is 1. The van der Waals surface area contributed by atoms with E-state index in [2.05, 4.69) is 70.5 Å². The number of aryl methyl sites for hydroxylation is 2. The summed E-state index contributed by atoms with van der Waals surface area (Å²) >= 11 is 1.38. The number of rotatable bonds is 7. The number of carbonyl (C=O) groups is 1. The van der Waals surface area contributed by atoms with Crippen LogP contribution in [0.3, 0.4) is 0 Å². The van der Waals surface area contributed by atoms with Crippen LogP contribution >= 0.6 is 11.8 Å². The van der Waals surface area contributed by atoms with Gasteiger partial charge in [0.05, 0.1) is 5.75 Å². The summed E-state index contributed by atoms with van der Waals surface area (Å²) in [4.78, 5) is 17.4. The van der Waals surface area contributed by atoms with Crippen molar-refractivity contribution < 1.29 is 4.79 Å². The first-order valence-electron chi connectivity index (χ1n) is 10.9. The summed E-state index contributed by atoms with van der Waals surface area (Å²) in [5.74, 6) is 0.216. The molecule has 1 fully saturated rings. The Morgan fingerprint density at radius 2 is 1.88 bits per heavy atom. The average molecular weight is 451 g/mol. The SMILES string of the molecule is Cc1ccc(-n2cnnc2SCC(=O)Nc2cccc(CN3CCN(C)CC3)c2)cc1C. The second-order valence-electron chi connectivity index (χ2n) is 8.37. The van der Waals surface area contributed by atoms with Crippen LogP contribution in [0.5, 0.6) is 0 Å². The molecule has 168 valence electrons. The van der Waals surface area contributed by atoms with E-state index in [4.69, 9.17) is 0 Å². The second-order valence-corrected chi connectivity index (χ2v) is 9.31. The number of nitrogens with one attached hydrogen (secondary N) is 1. The molecule has 1 aromatic heterocycles. The quantitative estimate of drug-likeness (QED) is 0.557. The molecule has 1 saturated heterocycles. The standard InChI is InChI=1S/C24H30N6OS/c1-18-7-8-22(13-19(18)2)30-17-25-27-24(30)32-16-23(31)26-21-6-4-5-20(14-21)15-29-11-9-28(3)10-12-29/h4-8,13-14,17H,9-12,15-16H2,1-3H3,(H,26,31). The van der Waals surface area contributed by atoms with Crippen molar-refractivity contribution in [2.45, 2.75) is 25.5 Å². The summed E-state index contributed by atoms with van der Waals surface area (Å²) in [7, 11) is 2.16. The third-order valence-electron chi connectivity index (χ3n) is 5.83. The second kappa shape index (κ2) is 10.3. The average Bonchev–Trinajstić information content (AvgIpc) is 3.25. The summed E-state index contributed by atoms with van der Waals surface area (Å²) in [5, 5.41) is 12.0. The molecule has 3 aromatic rings. The van der Waals surface area contributed by atoms with Gasteiger partial charge in [-0.2, -0.15) is 0 Å². The van der Waals surface area contributed by atoms with Crippen LogP contribution in [0, 0.1) is 13.8 Å². The summed E-state index contributed by atoms with van der Waals surface area (Å²) in [6.07, 6.45) is 1.69. The van der Waals surface area contributed by atoms with Gasteiger partial charge in [-0.05, 0) is 61.9 Å². The van der Waals surface area contributed by atoms with Crippen LogP contribution in [0.1, 0.15) is 16.7 Å². The van der Waals surface area contributed by atoms with Gasteiger partial charge in [0.25, 0.3) is 0 Å². The fourth-order valence-corrected chi connectivity index (χ4v) is 4.44. The molecule has 7 nitrogen and oxygen atoms in total. The highest BCUT2D eigenvalue weighted by atomic mass is 32.2. The van der Waals surface area contributed by atoms with E-state index in [1.807, 2.05) is 22.8 Å². The maximum absolute atomic E-state index is 12.6.